The Hall–Kier alpha value is -1.63. The minimum atomic E-state index is 0.0343. The lowest BCUT2D eigenvalue weighted by Crippen LogP contribution is -2.49. The maximum Gasteiger partial charge on any atom is 0.345 e. The fourth-order valence-corrected chi connectivity index (χ4v) is 3.12. The van der Waals surface area contributed by atoms with Gasteiger partial charge in [0.25, 0.3) is 0 Å². The zero-order chi connectivity index (χ0) is 14.8. The molecule has 21 heavy (non-hydrogen) atoms. The van der Waals surface area contributed by atoms with Crippen molar-refractivity contribution in [1.82, 2.24) is 24.1 Å². The molecule has 0 radical (unpaired) electrons. The molecule has 0 unspecified atom stereocenters. The van der Waals surface area contributed by atoms with Gasteiger partial charge in [0.15, 0.2) is 0 Å². The first-order valence-electron chi connectivity index (χ1n) is 7.79. The summed E-state index contributed by atoms with van der Waals surface area (Å²) in [6.45, 7) is 7.20. The van der Waals surface area contributed by atoms with Crippen molar-refractivity contribution in [3.63, 3.8) is 0 Å². The standard InChI is InChI=1S/C14H23N5O2/c1-12(20)17-9-6-16(7-10-17)8-11-19-14(21)18-5-3-2-4-13(18)15-19/h2-11H2,1H3. The predicted octanol–water partition coefficient (Wildman–Crippen LogP) is -0.455. The van der Waals surface area contributed by atoms with Gasteiger partial charge in [0, 0.05) is 52.6 Å². The Morgan fingerprint density at radius 2 is 1.86 bits per heavy atom. The molecule has 1 aromatic heterocycles. The number of fused-ring (bicyclic) bond motifs is 1. The molecule has 116 valence electrons. The molecule has 7 heteroatoms. The van der Waals surface area contributed by atoms with Crippen molar-refractivity contribution in [3.05, 3.63) is 16.3 Å². The molecule has 1 amide bonds. The minimum absolute atomic E-state index is 0.0343. The fraction of sp³-hybridized carbons (Fsp3) is 0.786. The molecule has 0 N–H and O–H groups in total. The van der Waals surface area contributed by atoms with E-state index in [0.717, 1.165) is 64.4 Å². The summed E-state index contributed by atoms with van der Waals surface area (Å²) < 4.78 is 3.43. The second kappa shape index (κ2) is 6.01. The zero-order valence-corrected chi connectivity index (χ0v) is 12.6. The molecule has 0 spiro atoms. The van der Waals surface area contributed by atoms with E-state index in [1.165, 1.54) is 0 Å². The van der Waals surface area contributed by atoms with Gasteiger partial charge < -0.3 is 4.90 Å². The highest BCUT2D eigenvalue weighted by Gasteiger charge is 2.20. The van der Waals surface area contributed by atoms with Crippen LogP contribution in [-0.2, 0) is 24.3 Å². The van der Waals surface area contributed by atoms with Gasteiger partial charge in [-0.3, -0.25) is 14.3 Å². The summed E-state index contributed by atoms with van der Waals surface area (Å²) in [5.74, 6) is 1.08. The molecule has 0 atom stereocenters. The van der Waals surface area contributed by atoms with Gasteiger partial charge in [0.2, 0.25) is 5.91 Å². The number of carbonyl (C=O) groups excluding carboxylic acids is 1. The van der Waals surface area contributed by atoms with Gasteiger partial charge in [-0.2, -0.15) is 5.10 Å². The molecule has 2 aliphatic rings. The molecule has 1 fully saturated rings. The molecule has 1 saturated heterocycles. The molecule has 3 heterocycles. The first-order valence-corrected chi connectivity index (χ1v) is 7.79. The van der Waals surface area contributed by atoms with Crippen LogP contribution in [0.15, 0.2) is 4.79 Å². The summed E-state index contributed by atoms with van der Waals surface area (Å²) in [5.41, 5.74) is 0.0343. The monoisotopic (exact) mass is 293 g/mol. The van der Waals surface area contributed by atoms with Gasteiger partial charge in [-0.15, -0.1) is 0 Å². The largest absolute Gasteiger partial charge is 0.345 e. The number of rotatable bonds is 3. The van der Waals surface area contributed by atoms with Crippen LogP contribution in [-0.4, -0.2) is 62.8 Å². The van der Waals surface area contributed by atoms with Crippen molar-refractivity contribution in [1.29, 1.82) is 0 Å². The van der Waals surface area contributed by atoms with Crippen LogP contribution in [0.2, 0.25) is 0 Å². The molecule has 0 aromatic carbocycles. The van der Waals surface area contributed by atoms with Crippen LogP contribution in [0, 0.1) is 0 Å². The fourth-order valence-electron chi connectivity index (χ4n) is 3.12. The summed E-state index contributed by atoms with van der Waals surface area (Å²) >= 11 is 0. The lowest BCUT2D eigenvalue weighted by atomic mass is 10.2. The van der Waals surface area contributed by atoms with Gasteiger partial charge in [0.05, 0.1) is 6.54 Å². The van der Waals surface area contributed by atoms with E-state index >= 15 is 0 Å². The first-order chi connectivity index (χ1) is 10.1. The van der Waals surface area contributed by atoms with Crippen molar-refractivity contribution < 1.29 is 4.79 Å². The Labute approximate surface area is 124 Å². The highest BCUT2D eigenvalue weighted by molar-refractivity contribution is 5.73. The molecule has 7 nitrogen and oxygen atoms in total. The lowest BCUT2D eigenvalue weighted by Gasteiger charge is -2.33. The summed E-state index contributed by atoms with van der Waals surface area (Å²) in [5, 5.41) is 4.45. The highest BCUT2D eigenvalue weighted by Crippen LogP contribution is 2.09. The second-order valence-corrected chi connectivity index (χ2v) is 5.88. The Balaban J connectivity index is 1.55. The van der Waals surface area contributed by atoms with Crippen molar-refractivity contribution in [2.45, 2.75) is 39.3 Å². The van der Waals surface area contributed by atoms with Crippen LogP contribution >= 0.6 is 0 Å². The molecular weight excluding hydrogens is 270 g/mol. The molecule has 1 aromatic rings. The van der Waals surface area contributed by atoms with E-state index < -0.39 is 0 Å². The van der Waals surface area contributed by atoms with E-state index in [4.69, 9.17) is 0 Å². The quantitative estimate of drug-likeness (QED) is 0.757. The summed E-state index contributed by atoms with van der Waals surface area (Å²) in [4.78, 5) is 27.7. The van der Waals surface area contributed by atoms with E-state index in [1.807, 2.05) is 9.47 Å². The van der Waals surface area contributed by atoms with E-state index in [1.54, 1.807) is 11.6 Å². The first kappa shape index (κ1) is 14.3. The van der Waals surface area contributed by atoms with Crippen LogP contribution < -0.4 is 5.69 Å². The maximum absolute atomic E-state index is 12.2. The number of hydrogen-bond donors (Lipinski definition) is 0. The Kier molecular flexibility index (Phi) is 4.10. The smallest absolute Gasteiger partial charge is 0.340 e. The third kappa shape index (κ3) is 3.02. The third-order valence-corrected chi connectivity index (χ3v) is 4.48. The van der Waals surface area contributed by atoms with Crippen molar-refractivity contribution in [2.75, 3.05) is 32.7 Å². The second-order valence-electron chi connectivity index (χ2n) is 5.88. The molecular formula is C14H23N5O2. The van der Waals surface area contributed by atoms with Gasteiger partial charge >= 0.3 is 5.69 Å². The number of hydrogen-bond acceptors (Lipinski definition) is 4. The number of carbonyl (C=O) groups is 1. The highest BCUT2D eigenvalue weighted by atomic mass is 16.2. The Bertz CT molecular complexity index is 568. The third-order valence-electron chi connectivity index (χ3n) is 4.48. The number of nitrogens with zero attached hydrogens (tertiary/aromatic N) is 5. The van der Waals surface area contributed by atoms with Gasteiger partial charge in [-0.1, -0.05) is 0 Å². The topological polar surface area (TPSA) is 63.4 Å². The van der Waals surface area contributed by atoms with Crippen LogP contribution in [0.5, 0.6) is 0 Å². The Morgan fingerprint density at radius 3 is 2.52 bits per heavy atom. The molecule has 2 aliphatic heterocycles. The van der Waals surface area contributed by atoms with Gasteiger partial charge in [0.1, 0.15) is 5.82 Å². The lowest BCUT2D eigenvalue weighted by molar-refractivity contribution is -0.130. The number of aromatic nitrogens is 3. The van der Waals surface area contributed by atoms with Gasteiger partial charge in [-0.05, 0) is 12.8 Å². The summed E-state index contributed by atoms with van der Waals surface area (Å²) in [6.07, 6.45) is 3.12. The number of amides is 1. The van der Waals surface area contributed by atoms with E-state index in [9.17, 15) is 9.59 Å². The van der Waals surface area contributed by atoms with Crippen molar-refractivity contribution in [2.24, 2.45) is 0 Å². The zero-order valence-electron chi connectivity index (χ0n) is 12.6. The summed E-state index contributed by atoms with van der Waals surface area (Å²) in [7, 11) is 0. The van der Waals surface area contributed by atoms with Crippen LogP contribution in [0.3, 0.4) is 0 Å². The molecule has 0 aliphatic carbocycles. The van der Waals surface area contributed by atoms with Crippen LogP contribution in [0.25, 0.3) is 0 Å². The SMILES string of the molecule is CC(=O)N1CCN(CCn2nc3n(c2=O)CCCC3)CC1. The number of aryl methyl sites for hydroxylation is 1. The molecule has 0 saturated carbocycles. The van der Waals surface area contributed by atoms with E-state index in [0.29, 0.717) is 6.54 Å². The predicted molar refractivity (Wildman–Crippen MR) is 78.1 cm³/mol. The van der Waals surface area contributed by atoms with E-state index in [-0.39, 0.29) is 11.6 Å². The van der Waals surface area contributed by atoms with Crippen molar-refractivity contribution in [3.8, 4) is 0 Å². The number of piperazine rings is 1. The Morgan fingerprint density at radius 1 is 1.10 bits per heavy atom. The average molecular weight is 293 g/mol. The normalized spacial score (nSPS) is 19.6. The summed E-state index contributed by atoms with van der Waals surface area (Å²) in [6, 6.07) is 0. The van der Waals surface area contributed by atoms with E-state index in [2.05, 4.69) is 10.00 Å². The van der Waals surface area contributed by atoms with Crippen LogP contribution in [0.4, 0.5) is 0 Å². The minimum Gasteiger partial charge on any atom is -0.340 e. The van der Waals surface area contributed by atoms with Gasteiger partial charge in [-0.25, -0.2) is 9.48 Å². The molecule has 0 bridgehead atoms. The van der Waals surface area contributed by atoms with Crippen LogP contribution in [0.1, 0.15) is 25.6 Å². The average Bonchev–Trinajstić information content (AvgIpc) is 2.82. The van der Waals surface area contributed by atoms with Crippen molar-refractivity contribution >= 4 is 5.91 Å². The molecule has 3 rings (SSSR count). The maximum atomic E-state index is 12.2.